The van der Waals surface area contributed by atoms with E-state index in [0.717, 1.165) is 11.3 Å². The average molecular weight is 252 g/mol. The molecule has 6 nitrogen and oxygen atoms in total. The quantitative estimate of drug-likeness (QED) is 0.671. The molecule has 0 atom stereocenters. The first-order valence-electron chi connectivity index (χ1n) is 4.02. The predicted octanol–water partition coefficient (Wildman–Crippen LogP) is -0.490. The molecule has 4 N–H and O–H groups in total. The summed E-state index contributed by atoms with van der Waals surface area (Å²) in [5, 5.41) is 23.7. The fourth-order valence-corrected chi connectivity index (χ4v) is 2.87. The standard InChI is InChI=1S/C7H12N2O4S2/c1-7(2,11)6-9-4(3-10)5(14-6)15(8,12)13/h10-11H,3H2,1-2H3,(H2,8,12,13). The molecule has 0 saturated heterocycles. The van der Waals surface area contributed by atoms with Gasteiger partial charge in [-0.05, 0) is 13.8 Å². The van der Waals surface area contributed by atoms with Crippen molar-refractivity contribution in [3.8, 4) is 0 Å². The van der Waals surface area contributed by atoms with Crippen molar-refractivity contribution in [2.24, 2.45) is 5.14 Å². The van der Waals surface area contributed by atoms with E-state index >= 15 is 0 Å². The van der Waals surface area contributed by atoms with Crippen molar-refractivity contribution in [2.75, 3.05) is 0 Å². The molecule has 0 amide bonds. The molecule has 0 fully saturated rings. The Bertz CT molecular complexity index is 458. The highest BCUT2D eigenvalue weighted by molar-refractivity contribution is 7.91. The van der Waals surface area contributed by atoms with E-state index in [1.54, 1.807) is 0 Å². The minimum atomic E-state index is -3.90. The van der Waals surface area contributed by atoms with Gasteiger partial charge in [0.05, 0.1) is 12.3 Å². The van der Waals surface area contributed by atoms with Crippen LogP contribution < -0.4 is 5.14 Å². The zero-order chi connectivity index (χ0) is 11.9. The van der Waals surface area contributed by atoms with E-state index in [2.05, 4.69) is 4.98 Å². The van der Waals surface area contributed by atoms with E-state index < -0.39 is 22.2 Å². The van der Waals surface area contributed by atoms with E-state index in [1.165, 1.54) is 13.8 Å². The van der Waals surface area contributed by atoms with Crippen molar-refractivity contribution in [1.29, 1.82) is 0 Å². The summed E-state index contributed by atoms with van der Waals surface area (Å²) in [6.07, 6.45) is 0. The van der Waals surface area contributed by atoms with Crippen LogP contribution in [0.1, 0.15) is 24.5 Å². The lowest BCUT2D eigenvalue weighted by atomic mass is 10.2. The third-order valence-electron chi connectivity index (χ3n) is 1.59. The second-order valence-corrected chi connectivity index (χ2v) is 6.27. The van der Waals surface area contributed by atoms with Gasteiger partial charge in [0.15, 0.2) is 4.21 Å². The zero-order valence-electron chi connectivity index (χ0n) is 8.26. The SMILES string of the molecule is CC(C)(O)c1nc(CO)c(S(N)(=O)=O)s1. The fourth-order valence-electron chi connectivity index (χ4n) is 0.922. The fraction of sp³-hybridized carbons (Fsp3) is 0.571. The summed E-state index contributed by atoms with van der Waals surface area (Å²) in [4.78, 5) is 3.83. The first-order chi connectivity index (χ1) is 6.66. The molecule has 0 bridgehead atoms. The van der Waals surface area contributed by atoms with Crippen molar-refractivity contribution in [3.05, 3.63) is 10.7 Å². The Morgan fingerprint density at radius 2 is 2.07 bits per heavy atom. The van der Waals surface area contributed by atoms with Gasteiger partial charge < -0.3 is 10.2 Å². The van der Waals surface area contributed by atoms with Gasteiger partial charge in [0.1, 0.15) is 10.6 Å². The number of hydrogen-bond donors (Lipinski definition) is 3. The first kappa shape index (κ1) is 12.5. The van der Waals surface area contributed by atoms with Crippen molar-refractivity contribution >= 4 is 21.4 Å². The highest BCUT2D eigenvalue weighted by Gasteiger charge is 2.27. The van der Waals surface area contributed by atoms with Crippen LogP contribution in [0.3, 0.4) is 0 Å². The zero-order valence-corrected chi connectivity index (χ0v) is 9.89. The molecule has 1 rings (SSSR count). The minimum absolute atomic E-state index is 0.0281. The summed E-state index contributed by atoms with van der Waals surface area (Å²) < 4.78 is 22.0. The van der Waals surface area contributed by atoms with Gasteiger partial charge in [0, 0.05) is 0 Å². The molecular formula is C7H12N2O4S2. The summed E-state index contributed by atoms with van der Waals surface area (Å²) in [5.41, 5.74) is -1.28. The molecule has 15 heavy (non-hydrogen) atoms. The lowest BCUT2D eigenvalue weighted by Crippen LogP contribution is -2.14. The van der Waals surface area contributed by atoms with Gasteiger partial charge in [-0.2, -0.15) is 0 Å². The van der Waals surface area contributed by atoms with Crippen molar-refractivity contribution < 1.29 is 18.6 Å². The molecule has 0 saturated carbocycles. The molecule has 0 aliphatic rings. The number of aliphatic hydroxyl groups excluding tert-OH is 1. The Morgan fingerprint density at radius 3 is 2.33 bits per heavy atom. The molecule has 0 aliphatic carbocycles. The molecule has 1 aromatic rings. The van der Waals surface area contributed by atoms with Crippen LogP contribution in [0.4, 0.5) is 0 Å². The Balaban J connectivity index is 3.37. The third kappa shape index (κ3) is 2.73. The van der Waals surface area contributed by atoms with E-state index in [0.29, 0.717) is 0 Å². The molecular weight excluding hydrogens is 240 g/mol. The van der Waals surface area contributed by atoms with Gasteiger partial charge in [0.25, 0.3) is 0 Å². The molecule has 0 aliphatic heterocycles. The third-order valence-corrected chi connectivity index (χ3v) is 4.50. The Morgan fingerprint density at radius 1 is 1.53 bits per heavy atom. The summed E-state index contributed by atoms with van der Waals surface area (Å²) in [7, 11) is -3.90. The molecule has 0 aromatic carbocycles. The lowest BCUT2D eigenvalue weighted by Gasteiger charge is -2.12. The molecule has 86 valence electrons. The van der Waals surface area contributed by atoms with Crippen LogP contribution in [-0.2, 0) is 22.2 Å². The van der Waals surface area contributed by atoms with Crippen molar-refractivity contribution in [1.82, 2.24) is 4.98 Å². The number of sulfonamides is 1. The molecule has 1 heterocycles. The van der Waals surface area contributed by atoms with Gasteiger partial charge in [0.2, 0.25) is 10.0 Å². The number of rotatable bonds is 3. The molecule has 0 spiro atoms. The van der Waals surface area contributed by atoms with Gasteiger partial charge in [-0.15, -0.1) is 11.3 Å². The van der Waals surface area contributed by atoms with Gasteiger partial charge in [-0.25, -0.2) is 18.5 Å². The maximum Gasteiger partial charge on any atom is 0.249 e. The number of primary sulfonamides is 1. The second kappa shape index (κ2) is 3.80. The monoisotopic (exact) mass is 252 g/mol. The predicted molar refractivity (Wildman–Crippen MR) is 54.7 cm³/mol. The summed E-state index contributed by atoms with van der Waals surface area (Å²) in [5.74, 6) is 0. The van der Waals surface area contributed by atoms with E-state index in [9.17, 15) is 13.5 Å². The van der Waals surface area contributed by atoms with Crippen LogP contribution in [0.25, 0.3) is 0 Å². The molecule has 0 unspecified atom stereocenters. The maximum atomic E-state index is 11.1. The number of nitrogens with zero attached hydrogens (tertiary/aromatic N) is 1. The molecule has 1 aromatic heterocycles. The molecule has 8 heteroatoms. The van der Waals surface area contributed by atoms with Gasteiger partial charge in [-0.1, -0.05) is 0 Å². The highest BCUT2D eigenvalue weighted by Crippen LogP contribution is 2.30. The summed E-state index contributed by atoms with van der Waals surface area (Å²) >= 11 is 0.764. The Labute approximate surface area is 91.4 Å². The number of aromatic nitrogens is 1. The lowest BCUT2D eigenvalue weighted by molar-refractivity contribution is 0.0779. The topological polar surface area (TPSA) is 114 Å². The van der Waals surface area contributed by atoms with Gasteiger partial charge >= 0.3 is 0 Å². The minimum Gasteiger partial charge on any atom is -0.390 e. The van der Waals surface area contributed by atoms with Crippen LogP contribution in [0.15, 0.2) is 4.21 Å². The van der Waals surface area contributed by atoms with Crippen molar-refractivity contribution in [3.63, 3.8) is 0 Å². The Hall–Kier alpha value is -0.540. The van der Waals surface area contributed by atoms with Crippen LogP contribution in [0, 0.1) is 0 Å². The maximum absolute atomic E-state index is 11.1. The number of hydrogen-bond acceptors (Lipinski definition) is 6. The smallest absolute Gasteiger partial charge is 0.249 e. The summed E-state index contributed by atoms with van der Waals surface area (Å²) in [6.45, 7) is 2.41. The largest absolute Gasteiger partial charge is 0.390 e. The second-order valence-electron chi connectivity index (χ2n) is 3.52. The molecule has 0 radical (unpaired) electrons. The average Bonchev–Trinajstić information content (AvgIpc) is 2.44. The number of thiazole rings is 1. The van der Waals surface area contributed by atoms with E-state index in [-0.39, 0.29) is 14.9 Å². The van der Waals surface area contributed by atoms with Crippen LogP contribution in [-0.4, -0.2) is 23.6 Å². The van der Waals surface area contributed by atoms with Crippen LogP contribution in [0.5, 0.6) is 0 Å². The van der Waals surface area contributed by atoms with Crippen molar-refractivity contribution in [2.45, 2.75) is 30.3 Å². The van der Waals surface area contributed by atoms with Crippen LogP contribution >= 0.6 is 11.3 Å². The number of aliphatic hydroxyl groups is 2. The summed E-state index contributed by atoms with van der Waals surface area (Å²) in [6, 6.07) is 0. The van der Waals surface area contributed by atoms with Gasteiger partial charge in [-0.3, -0.25) is 0 Å². The van der Waals surface area contributed by atoms with Crippen LogP contribution in [0.2, 0.25) is 0 Å². The van der Waals surface area contributed by atoms with E-state index in [4.69, 9.17) is 10.2 Å². The normalized spacial score (nSPS) is 13.1. The Kier molecular flexibility index (Phi) is 3.17. The van der Waals surface area contributed by atoms with E-state index in [1.807, 2.05) is 0 Å². The first-order valence-corrected chi connectivity index (χ1v) is 6.38. The highest BCUT2D eigenvalue weighted by atomic mass is 32.2. The number of nitrogens with two attached hydrogens (primary N) is 1.